The Hall–Kier alpha value is -6.08. The van der Waals surface area contributed by atoms with Crippen LogP contribution in [0.4, 0.5) is 10.6 Å². The summed E-state index contributed by atoms with van der Waals surface area (Å²) < 4.78 is 12.4. The molecule has 5 amide bonds. The highest BCUT2D eigenvalue weighted by molar-refractivity contribution is 8.00. The molecule has 0 saturated carbocycles. The summed E-state index contributed by atoms with van der Waals surface area (Å²) in [6, 6.07) is 24.0. The Morgan fingerprint density at radius 2 is 1.30 bits per heavy atom. The van der Waals surface area contributed by atoms with E-state index < -0.39 is 89.4 Å². The number of ether oxygens (including phenoxy) is 2. The third kappa shape index (κ3) is 16.4. The summed E-state index contributed by atoms with van der Waals surface area (Å²) in [6.45, 7) is 8.66. The lowest BCUT2D eigenvalue weighted by molar-refractivity contribution is -0.133. The molecule has 1 fully saturated rings. The highest BCUT2D eigenvalue weighted by atomic mass is 32.2. The number of nitrogens with zero attached hydrogens (tertiary/aromatic N) is 2. The number of benzene rings is 3. The van der Waals surface area contributed by atoms with E-state index >= 15 is 0 Å². The quantitative estimate of drug-likeness (QED) is 0.0635. The minimum Gasteiger partial charge on any atom is -0.444 e. The van der Waals surface area contributed by atoms with E-state index in [0.29, 0.717) is 11.3 Å². The molecule has 4 aromatic rings. The first kappa shape index (κ1) is 50.9. The van der Waals surface area contributed by atoms with Gasteiger partial charge in [0.05, 0.1) is 25.2 Å². The number of rotatable bonds is 21. The van der Waals surface area contributed by atoms with Gasteiger partial charge in [-0.05, 0) is 62.3 Å². The summed E-state index contributed by atoms with van der Waals surface area (Å²) in [7, 11) is 0. The van der Waals surface area contributed by atoms with Gasteiger partial charge in [0.1, 0.15) is 41.2 Å². The maximum absolute atomic E-state index is 14.3. The van der Waals surface area contributed by atoms with E-state index in [1.54, 1.807) is 69.3 Å². The number of hydrogen-bond acceptors (Lipinski definition) is 12. The number of alkyl carbamates (subject to hydrolysis) is 1. The molecule has 7 N–H and O–H groups in total. The molecular weight excluding hydrogens is 867 g/mol. The average Bonchev–Trinajstić information content (AvgIpc) is 3.75. The van der Waals surface area contributed by atoms with Crippen LogP contribution in [-0.2, 0) is 47.9 Å². The number of aromatic nitrogens is 2. The van der Waals surface area contributed by atoms with Crippen LogP contribution in [-0.4, -0.2) is 103 Å². The standard InChI is InChI=1S/C48H61N7O10S/c1-30(2)23-35(43(59)51-37(26-33-19-13-8-14-20-33)45(61)53-39-21-22-55(46(62)54-39)41-29-66-42(28-56)64-41)50-44(60)36(25-32-17-11-7-12-18-32)49-40(58)27-38(57)34(24-31-15-9-6-10-16-31)52-47(63)65-48(3,4)5/h6-22,30,34-38,41-42,56-57H,23-29H2,1-5H3,(H,49,58)(H,50,60)(H,51,59)(H,52,63)(H,53,54,61,62)/t34-,35-,36-,37-,38-,41+,42-/m0/s1. The number of aliphatic hydroxyl groups is 2. The fourth-order valence-corrected chi connectivity index (χ4v) is 8.09. The van der Waals surface area contributed by atoms with Crippen LogP contribution in [0.25, 0.3) is 0 Å². The normalized spacial score (nSPS) is 17.1. The summed E-state index contributed by atoms with van der Waals surface area (Å²) in [5, 5.41) is 34.6. The van der Waals surface area contributed by atoms with E-state index in [0.717, 1.165) is 11.1 Å². The zero-order valence-electron chi connectivity index (χ0n) is 37.8. The monoisotopic (exact) mass is 927 g/mol. The van der Waals surface area contributed by atoms with Gasteiger partial charge in [0.25, 0.3) is 0 Å². The summed E-state index contributed by atoms with van der Waals surface area (Å²) in [4.78, 5) is 86.0. The van der Waals surface area contributed by atoms with Crippen molar-refractivity contribution < 1.29 is 43.7 Å². The van der Waals surface area contributed by atoms with Crippen LogP contribution in [0.1, 0.15) is 70.4 Å². The van der Waals surface area contributed by atoms with Gasteiger partial charge in [-0.2, -0.15) is 4.98 Å². The van der Waals surface area contributed by atoms with Crippen LogP contribution in [0.2, 0.25) is 0 Å². The first-order valence-electron chi connectivity index (χ1n) is 21.9. The third-order valence-electron chi connectivity index (χ3n) is 10.3. The van der Waals surface area contributed by atoms with Crippen molar-refractivity contribution in [2.45, 2.75) is 114 Å². The molecule has 0 bridgehead atoms. The van der Waals surface area contributed by atoms with Crippen molar-refractivity contribution in [3.63, 3.8) is 0 Å². The van der Waals surface area contributed by atoms with Crippen molar-refractivity contribution in [3.8, 4) is 0 Å². The van der Waals surface area contributed by atoms with Gasteiger partial charge in [-0.1, -0.05) is 105 Å². The molecule has 0 radical (unpaired) electrons. The van der Waals surface area contributed by atoms with E-state index in [1.165, 1.54) is 28.6 Å². The molecule has 1 aliphatic heterocycles. The number of thioether (sulfide) groups is 1. The topological polar surface area (TPSA) is 239 Å². The fraction of sp³-hybridized carbons (Fsp3) is 0.438. The predicted molar refractivity (Wildman–Crippen MR) is 250 cm³/mol. The van der Waals surface area contributed by atoms with Gasteiger partial charge in [-0.25, -0.2) is 9.59 Å². The van der Waals surface area contributed by atoms with Crippen molar-refractivity contribution in [1.82, 2.24) is 30.8 Å². The Balaban J connectivity index is 1.32. The third-order valence-corrected chi connectivity index (χ3v) is 11.4. The number of carbonyl (C=O) groups excluding carboxylic acids is 5. The molecule has 3 aromatic carbocycles. The Morgan fingerprint density at radius 1 is 0.773 bits per heavy atom. The van der Waals surface area contributed by atoms with E-state index in [1.807, 2.05) is 56.3 Å². The van der Waals surface area contributed by atoms with Crippen molar-refractivity contribution in [2.75, 3.05) is 17.7 Å². The van der Waals surface area contributed by atoms with E-state index in [4.69, 9.17) is 9.47 Å². The number of nitrogens with one attached hydrogen (secondary N) is 5. The molecule has 1 saturated heterocycles. The summed E-state index contributed by atoms with van der Waals surface area (Å²) in [6.07, 6.45) is -1.42. The van der Waals surface area contributed by atoms with Crippen LogP contribution in [0.5, 0.6) is 0 Å². The van der Waals surface area contributed by atoms with Crippen molar-refractivity contribution >= 4 is 47.3 Å². The van der Waals surface area contributed by atoms with Crippen LogP contribution in [0, 0.1) is 5.92 Å². The molecule has 1 aromatic heterocycles. The lowest BCUT2D eigenvalue weighted by Gasteiger charge is -2.28. The van der Waals surface area contributed by atoms with Crippen LogP contribution >= 0.6 is 11.8 Å². The average molecular weight is 928 g/mol. The van der Waals surface area contributed by atoms with Gasteiger partial charge in [0.15, 0.2) is 0 Å². The van der Waals surface area contributed by atoms with Gasteiger partial charge >= 0.3 is 11.8 Å². The van der Waals surface area contributed by atoms with Crippen molar-refractivity contribution in [2.24, 2.45) is 5.92 Å². The molecule has 0 unspecified atom stereocenters. The number of anilines is 1. The van der Waals surface area contributed by atoms with Gasteiger partial charge in [-0.3, -0.25) is 23.7 Å². The molecule has 0 spiro atoms. The van der Waals surface area contributed by atoms with E-state index in [9.17, 15) is 39.0 Å². The second-order valence-electron chi connectivity index (χ2n) is 17.5. The molecule has 0 aliphatic carbocycles. The molecule has 7 atom stereocenters. The predicted octanol–water partition coefficient (Wildman–Crippen LogP) is 3.64. The Kier molecular flexibility index (Phi) is 18.9. The van der Waals surface area contributed by atoms with Crippen molar-refractivity contribution in [3.05, 3.63) is 130 Å². The summed E-state index contributed by atoms with van der Waals surface area (Å²) in [5.41, 5.74) is 0.259. The molecule has 1 aliphatic rings. The lowest BCUT2D eigenvalue weighted by atomic mass is 9.98. The van der Waals surface area contributed by atoms with Gasteiger partial charge in [0, 0.05) is 24.8 Å². The zero-order chi connectivity index (χ0) is 47.8. The first-order chi connectivity index (χ1) is 31.5. The molecule has 17 nitrogen and oxygen atoms in total. The Morgan fingerprint density at radius 3 is 1.82 bits per heavy atom. The number of hydrogen-bond donors (Lipinski definition) is 7. The Bertz CT molecular complexity index is 2280. The SMILES string of the molecule is CC(C)C[C@H](NC(=O)[C@H](Cc1ccccc1)NC(=O)C[C@H](O)[C@H](Cc1ccccc1)NC(=O)OC(C)(C)C)C(=O)N[C@@H](Cc1ccccc1)C(=O)Nc1ccn([C@H]2CS[C@@H](CO)O2)c(=O)n1. The minimum absolute atomic E-state index is 0.0344. The second-order valence-corrected chi connectivity index (χ2v) is 18.7. The Labute approximate surface area is 388 Å². The highest BCUT2D eigenvalue weighted by Crippen LogP contribution is 2.30. The van der Waals surface area contributed by atoms with Crippen LogP contribution in [0.15, 0.2) is 108 Å². The van der Waals surface area contributed by atoms with E-state index in [2.05, 4.69) is 31.6 Å². The first-order valence-corrected chi connectivity index (χ1v) is 23.0. The molecular formula is C48H61N7O10S. The number of amides is 5. The molecule has 5 rings (SSSR count). The maximum Gasteiger partial charge on any atom is 0.407 e. The van der Waals surface area contributed by atoms with Crippen molar-refractivity contribution in [1.29, 1.82) is 0 Å². The highest BCUT2D eigenvalue weighted by Gasteiger charge is 2.33. The largest absolute Gasteiger partial charge is 0.444 e. The van der Waals surface area contributed by atoms with Crippen LogP contribution in [0.3, 0.4) is 0 Å². The number of aliphatic hydroxyl groups excluding tert-OH is 2. The van der Waals surface area contributed by atoms with Gasteiger partial charge in [0.2, 0.25) is 23.6 Å². The molecule has 354 valence electrons. The number of carbonyl (C=O) groups is 5. The second kappa shape index (κ2) is 24.4. The fourth-order valence-electron chi connectivity index (χ4n) is 7.16. The van der Waals surface area contributed by atoms with Gasteiger partial charge in [-0.15, -0.1) is 11.8 Å². The van der Waals surface area contributed by atoms with Gasteiger partial charge < -0.3 is 46.3 Å². The molecule has 2 heterocycles. The summed E-state index contributed by atoms with van der Waals surface area (Å²) in [5.74, 6) is -2.44. The zero-order valence-corrected chi connectivity index (χ0v) is 38.7. The van der Waals surface area contributed by atoms with Crippen LogP contribution < -0.4 is 32.3 Å². The lowest BCUT2D eigenvalue weighted by Crippen LogP contribution is -2.57. The van der Waals surface area contributed by atoms with E-state index in [-0.39, 0.29) is 44.0 Å². The summed E-state index contributed by atoms with van der Waals surface area (Å²) >= 11 is 1.36. The maximum atomic E-state index is 14.3. The minimum atomic E-state index is -1.39. The molecule has 18 heteroatoms. The molecule has 66 heavy (non-hydrogen) atoms. The smallest absolute Gasteiger partial charge is 0.407 e.